The molecule has 130 valence electrons. The first-order valence-electron chi connectivity index (χ1n) is 7.95. The number of β-amino-alcohol motifs (C(OH)–C–C–N with tert-alkyl or cyclic N) is 1. The zero-order valence-corrected chi connectivity index (χ0v) is 13.3. The maximum absolute atomic E-state index is 11.6. The van der Waals surface area contributed by atoms with Crippen LogP contribution in [-0.2, 0) is 9.59 Å². The minimum absolute atomic E-state index is 0.267. The van der Waals surface area contributed by atoms with Crippen molar-refractivity contribution < 1.29 is 14.7 Å². The molecular weight excluding hydrogens is 312 g/mol. The van der Waals surface area contributed by atoms with E-state index in [-0.39, 0.29) is 13.0 Å². The highest BCUT2D eigenvalue weighted by atomic mass is 16.3. The number of aliphatic hydroxyl groups excluding tert-OH is 1. The second kappa shape index (κ2) is 6.16. The number of hydrogen-bond donors (Lipinski definition) is 4. The largest absolute Gasteiger partial charge is 0.396 e. The highest BCUT2D eigenvalue weighted by molar-refractivity contribution is 5.86. The fourth-order valence-corrected chi connectivity index (χ4v) is 3.49. The minimum atomic E-state index is -0.643. The summed E-state index contributed by atoms with van der Waals surface area (Å²) in [4.78, 5) is 31.3. The maximum atomic E-state index is 11.6. The van der Waals surface area contributed by atoms with Gasteiger partial charge in [0.1, 0.15) is 17.9 Å². The Kier molecular flexibility index (Phi) is 4.18. The Bertz CT molecular complexity index is 667. The number of hydrogen-bond acceptors (Lipinski definition) is 7. The number of nitrogen functional groups attached to an aromatic ring is 1. The van der Waals surface area contributed by atoms with E-state index in [2.05, 4.69) is 4.98 Å². The van der Waals surface area contributed by atoms with Crippen LogP contribution in [0.5, 0.6) is 0 Å². The number of nitrogens with zero attached hydrogens (tertiary/aromatic N) is 3. The molecule has 3 atom stereocenters. The van der Waals surface area contributed by atoms with E-state index < -0.39 is 30.0 Å². The van der Waals surface area contributed by atoms with Gasteiger partial charge in [0.15, 0.2) is 5.82 Å². The number of primary amides is 2. The normalized spacial score (nSPS) is 26.8. The quantitative estimate of drug-likeness (QED) is 0.525. The molecule has 1 aromatic rings. The Morgan fingerprint density at radius 2 is 1.88 bits per heavy atom. The lowest BCUT2D eigenvalue weighted by atomic mass is 10.2. The van der Waals surface area contributed by atoms with Crippen LogP contribution in [0.3, 0.4) is 0 Å². The first kappa shape index (κ1) is 16.3. The van der Waals surface area contributed by atoms with Crippen LogP contribution in [0.1, 0.15) is 19.3 Å². The standard InChI is InChI=1S/C15H22N6O3/c16-9-3-4-12(21-7-8(22)6-11(21)14(18)24)19-15(9)20-5-1-2-10(20)13(17)23/h3-4,8,10-11,22H,1-2,5-7,16H2,(H2,17,23)(H2,18,24). The zero-order valence-electron chi connectivity index (χ0n) is 13.3. The van der Waals surface area contributed by atoms with E-state index in [1.54, 1.807) is 21.9 Å². The maximum Gasteiger partial charge on any atom is 0.240 e. The van der Waals surface area contributed by atoms with Crippen molar-refractivity contribution in [3.8, 4) is 0 Å². The Morgan fingerprint density at radius 1 is 1.17 bits per heavy atom. The third-order valence-corrected chi connectivity index (χ3v) is 4.65. The topological polar surface area (TPSA) is 152 Å². The van der Waals surface area contributed by atoms with Gasteiger partial charge in [-0.2, -0.15) is 0 Å². The number of aromatic nitrogens is 1. The van der Waals surface area contributed by atoms with Gasteiger partial charge in [-0.15, -0.1) is 0 Å². The van der Waals surface area contributed by atoms with E-state index in [9.17, 15) is 14.7 Å². The van der Waals surface area contributed by atoms with Crippen molar-refractivity contribution in [2.45, 2.75) is 37.5 Å². The summed E-state index contributed by atoms with van der Waals surface area (Å²) in [6.45, 7) is 0.902. The van der Waals surface area contributed by atoms with Crippen LogP contribution in [0.4, 0.5) is 17.3 Å². The fraction of sp³-hybridized carbons (Fsp3) is 0.533. The van der Waals surface area contributed by atoms with E-state index in [0.717, 1.165) is 6.42 Å². The minimum Gasteiger partial charge on any atom is -0.396 e. The molecule has 2 saturated heterocycles. The molecule has 2 aliphatic heterocycles. The number of aliphatic hydroxyl groups is 1. The number of pyridine rings is 1. The molecule has 9 nitrogen and oxygen atoms in total. The average molecular weight is 334 g/mol. The summed E-state index contributed by atoms with van der Waals surface area (Å²) in [5, 5.41) is 9.86. The van der Waals surface area contributed by atoms with Gasteiger partial charge >= 0.3 is 0 Å². The van der Waals surface area contributed by atoms with Crippen molar-refractivity contribution >= 4 is 29.1 Å². The van der Waals surface area contributed by atoms with Crippen LogP contribution in [0.15, 0.2) is 12.1 Å². The summed E-state index contributed by atoms with van der Waals surface area (Å²) in [5.74, 6) is 0.0432. The summed E-state index contributed by atoms with van der Waals surface area (Å²) < 4.78 is 0. The fourth-order valence-electron chi connectivity index (χ4n) is 3.49. The molecule has 0 aromatic carbocycles. The van der Waals surface area contributed by atoms with Crippen LogP contribution in [0.2, 0.25) is 0 Å². The van der Waals surface area contributed by atoms with Gasteiger partial charge in [0.25, 0.3) is 0 Å². The molecular formula is C15H22N6O3. The first-order valence-corrected chi connectivity index (χ1v) is 7.95. The van der Waals surface area contributed by atoms with E-state index >= 15 is 0 Å². The third kappa shape index (κ3) is 2.82. The molecule has 24 heavy (non-hydrogen) atoms. The number of anilines is 3. The molecule has 2 fully saturated rings. The van der Waals surface area contributed by atoms with Crippen LogP contribution in [0, 0.1) is 0 Å². The highest BCUT2D eigenvalue weighted by Crippen LogP contribution is 2.32. The van der Waals surface area contributed by atoms with Crippen molar-refractivity contribution in [3.63, 3.8) is 0 Å². The molecule has 1 aromatic heterocycles. The average Bonchev–Trinajstić information content (AvgIpc) is 3.14. The summed E-state index contributed by atoms with van der Waals surface area (Å²) in [6.07, 6.45) is 1.11. The van der Waals surface area contributed by atoms with Gasteiger partial charge in [-0.3, -0.25) is 9.59 Å². The molecule has 2 amide bonds. The lowest BCUT2D eigenvalue weighted by Crippen LogP contribution is -2.42. The van der Waals surface area contributed by atoms with E-state index in [0.29, 0.717) is 30.3 Å². The number of amides is 2. The molecule has 7 N–H and O–H groups in total. The van der Waals surface area contributed by atoms with Gasteiger partial charge in [-0.25, -0.2) is 4.98 Å². The lowest BCUT2D eigenvalue weighted by molar-refractivity contribution is -0.120. The van der Waals surface area contributed by atoms with Crippen LogP contribution in [-0.4, -0.2) is 53.2 Å². The molecule has 3 heterocycles. The van der Waals surface area contributed by atoms with Gasteiger partial charge in [-0.1, -0.05) is 0 Å². The third-order valence-electron chi connectivity index (χ3n) is 4.65. The monoisotopic (exact) mass is 334 g/mol. The molecule has 0 spiro atoms. The summed E-state index contributed by atoms with van der Waals surface area (Å²) >= 11 is 0. The predicted molar refractivity (Wildman–Crippen MR) is 89.2 cm³/mol. The van der Waals surface area contributed by atoms with Gasteiger partial charge in [0.2, 0.25) is 11.8 Å². The van der Waals surface area contributed by atoms with Gasteiger partial charge in [0, 0.05) is 19.5 Å². The Labute approximate surface area is 139 Å². The summed E-state index contributed by atoms with van der Waals surface area (Å²) in [7, 11) is 0. The predicted octanol–water partition coefficient (Wildman–Crippen LogP) is -1.46. The Hall–Kier alpha value is -2.55. The Balaban J connectivity index is 1.94. The highest BCUT2D eigenvalue weighted by Gasteiger charge is 2.37. The lowest BCUT2D eigenvalue weighted by Gasteiger charge is -2.28. The van der Waals surface area contributed by atoms with Crippen LogP contribution in [0.25, 0.3) is 0 Å². The smallest absolute Gasteiger partial charge is 0.240 e. The molecule has 0 radical (unpaired) electrons. The van der Waals surface area contributed by atoms with Crippen molar-refractivity contribution in [1.29, 1.82) is 0 Å². The molecule has 3 rings (SSSR count). The second-order valence-electron chi connectivity index (χ2n) is 6.30. The first-order chi connectivity index (χ1) is 11.4. The molecule has 2 aliphatic rings. The van der Waals surface area contributed by atoms with E-state index in [4.69, 9.17) is 17.2 Å². The van der Waals surface area contributed by atoms with Crippen molar-refractivity contribution in [3.05, 3.63) is 12.1 Å². The van der Waals surface area contributed by atoms with Gasteiger partial charge in [0.05, 0.1) is 11.8 Å². The van der Waals surface area contributed by atoms with Gasteiger partial charge < -0.3 is 32.1 Å². The Morgan fingerprint density at radius 3 is 2.54 bits per heavy atom. The van der Waals surface area contributed by atoms with Crippen molar-refractivity contribution in [2.75, 3.05) is 28.6 Å². The number of rotatable bonds is 4. The van der Waals surface area contributed by atoms with Gasteiger partial charge in [-0.05, 0) is 25.0 Å². The van der Waals surface area contributed by atoms with E-state index in [1.165, 1.54) is 0 Å². The second-order valence-corrected chi connectivity index (χ2v) is 6.30. The molecule has 0 aliphatic carbocycles. The van der Waals surface area contributed by atoms with E-state index in [1.807, 2.05) is 0 Å². The zero-order chi connectivity index (χ0) is 17.4. The van der Waals surface area contributed by atoms with Crippen LogP contribution >= 0.6 is 0 Å². The van der Waals surface area contributed by atoms with Crippen molar-refractivity contribution in [1.82, 2.24) is 4.98 Å². The molecule has 9 heteroatoms. The van der Waals surface area contributed by atoms with Crippen molar-refractivity contribution in [2.24, 2.45) is 11.5 Å². The summed E-state index contributed by atoms with van der Waals surface area (Å²) in [5.41, 5.74) is 17.4. The van der Waals surface area contributed by atoms with Crippen LogP contribution < -0.4 is 27.0 Å². The molecule has 0 bridgehead atoms. The summed E-state index contributed by atoms with van der Waals surface area (Å²) in [6, 6.07) is 2.31. The SMILES string of the molecule is NC(=O)C1CC(O)CN1c1ccc(N)c(N2CCCC2C(N)=O)n1. The molecule has 0 saturated carbocycles. The number of nitrogens with two attached hydrogens (primary N) is 3. The number of carbonyl (C=O) groups excluding carboxylic acids is 2. The molecule has 3 unspecified atom stereocenters. The number of carbonyl (C=O) groups is 2.